The number of carbonyl (C=O) groups excluding carboxylic acids is 3. The third-order valence-electron chi connectivity index (χ3n) is 3.86. The number of hydrogen-bond acceptors (Lipinski definition) is 5. The molecule has 1 fully saturated rings. The lowest BCUT2D eigenvalue weighted by Crippen LogP contribution is -2.43. The van der Waals surface area contributed by atoms with Crippen molar-refractivity contribution in [1.82, 2.24) is 15.5 Å². The highest BCUT2D eigenvalue weighted by molar-refractivity contribution is 5.82. The van der Waals surface area contributed by atoms with E-state index in [0.717, 1.165) is 5.56 Å². The van der Waals surface area contributed by atoms with Gasteiger partial charge in [0.1, 0.15) is 18.8 Å². The summed E-state index contributed by atoms with van der Waals surface area (Å²) in [5.41, 5.74) is 0.303. The van der Waals surface area contributed by atoms with Crippen molar-refractivity contribution in [3.63, 3.8) is 0 Å². The average Bonchev–Trinajstić information content (AvgIpc) is 3.05. The third-order valence-corrected chi connectivity index (χ3v) is 3.86. The predicted octanol–water partition coefficient (Wildman–Crippen LogP) is 2.04. The number of alkyl carbamates (subject to hydrolysis) is 2. The van der Waals surface area contributed by atoms with Gasteiger partial charge in [0.2, 0.25) is 5.91 Å². The van der Waals surface area contributed by atoms with Gasteiger partial charge in [-0.05, 0) is 32.8 Å². The summed E-state index contributed by atoms with van der Waals surface area (Å²) in [4.78, 5) is 37.3. The SMILES string of the molecule is CC(C)(C)OC(=O)NC1CCN(C(=O)CNC(=O)OCc2ccccc2)C1. The summed E-state index contributed by atoms with van der Waals surface area (Å²) in [5, 5.41) is 5.21. The molecule has 0 aromatic heterocycles. The minimum atomic E-state index is -0.644. The summed E-state index contributed by atoms with van der Waals surface area (Å²) >= 11 is 0. The number of ether oxygens (including phenoxy) is 2. The Hall–Kier alpha value is -2.77. The maximum Gasteiger partial charge on any atom is 0.407 e. The Bertz CT molecular complexity index is 657. The Morgan fingerprint density at radius 2 is 1.85 bits per heavy atom. The van der Waals surface area contributed by atoms with E-state index in [1.165, 1.54) is 0 Å². The molecule has 1 aliphatic heterocycles. The molecule has 1 unspecified atom stereocenters. The van der Waals surface area contributed by atoms with Crippen molar-refractivity contribution in [2.24, 2.45) is 0 Å². The van der Waals surface area contributed by atoms with Gasteiger partial charge in [0, 0.05) is 13.1 Å². The summed E-state index contributed by atoms with van der Waals surface area (Å²) in [7, 11) is 0. The summed E-state index contributed by atoms with van der Waals surface area (Å²) in [5.74, 6) is -0.222. The molecule has 8 nitrogen and oxygen atoms in total. The molecule has 1 atom stereocenters. The van der Waals surface area contributed by atoms with Crippen LogP contribution in [-0.4, -0.2) is 54.3 Å². The third kappa shape index (κ3) is 7.55. The standard InChI is InChI=1S/C19H27N3O5/c1-19(2,3)27-18(25)21-15-9-10-22(12-15)16(23)11-20-17(24)26-13-14-7-5-4-6-8-14/h4-8,15H,9-13H2,1-3H3,(H,20,24)(H,21,25). The fourth-order valence-corrected chi connectivity index (χ4v) is 2.61. The van der Waals surface area contributed by atoms with Crippen LogP contribution in [-0.2, 0) is 20.9 Å². The maximum atomic E-state index is 12.2. The van der Waals surface area contributed by atoms with Crippen LogP contribution in [0, 0.1) is 0 Å². The largest absolute Gasteiger partial charge is 0.445 e. The molecule has 2 N–H and O–H groups in total. The van der Waals surface area contributed by atoms with Crippen molar-refractivity contribution in [2.45, 2.75) is 45.4 Å². The first-order chi connectivity index (χ1) is 12.7. The fourth-order valence-electron chi connectivity index (χ4n) is 2.61. The zero-order valence-electron chi connectivity index (χ0n) is 16.0. The lowest BCUT2D eigenvalue weighted by atomic mass is 10.2. The van der Waals surface area contributed by atoms with Crippen LogP contribution in [0.25, 0.3) is 0 Å². The van der Waals surface area contributed by atoms with E-state index in [9.17, 15) is 14.4 Å². The molecule has 0 spiro atoms. The van der Waals surface area contributed by atoms with Crippen LogP contribution in [0.1, 0.15) is 32.8 Å². The first-order valence-corrected chi connectivity index (χ1v) is 8.95. The predicted molar refractivity (Wildman–Crippen MR) is 99.0 cm³/mol. The molecule has 0 bridgehead atoms. The number of benzene rings is 1. The number of hydrogen-bond donors (Lipinski definition) is 2. The number of carbonyl (C=O) groups is 3. The first kappa shape index (κ1) is 20.5. The van der Waals surface area contributed by atoms with Gasteiger partial charge >= 0.3 is 12.2 Å². The Kier molecular flexibility index (Phi) is 7.04. The molecule has 1 aliphatic rings. The van der Waals surface area contributed by atoms with Gasteiger partial charge in [-0.25, -0.2) is 9.59 Å². The van der Waals surface area contributed by atoms with Crippen LogP contribution in [0.15, 0.2) is 30.3 Å². The average molecular weight is 377 g/mol. The minimum absolute atomic E-state index is 0.145. The molecule has 27 heavy (non-hydrogen) atoms. The van der Waals surface area contributed by atoms with Crippen LogP contribution >= 0.6 is 0 Å². The van der Waals surface area contributed by atoms with Crippen molar-refractivity contribution in [2.75, 3.05) is 19.6 Å². The first-order valence-electron chi connectivity index (χ1n) is 8.95. The van der Waals surface area contributed by atoms with Crippen molar-refractivity contribution in [1.29, 1.82) is 0 Å². The fraction of sp³-hybridized carbons (Fsp3) is 0.526. The second-order valence-electron chi connectivity index (χ2n) is 7.39. The monoisotopic (exact) mass is 377 g/mol. The van der Waals surface area contributed by atoms with Crippen LogP contribution in [0.4, 0.5) is 9.59 Å². The molecule has 0 saturated carbocycles. The van der Waals surface area contributed by atoms with E-state index < -0.39 is 17.8 Å². The van der Waals surface area contributed by atoms with E-state index in [1.807, 2.05) is 30.3 Å². The second-order valence-corrected chi connectivity index (χ2v) is 7.39. The number of nitrogens with one attached hydrogen (secondary N) is 2. The number of likely N-dealkylation sites (tertiary alicyclic amines) is 1. The normalized spacial score (nSPS) is 16.6. The van der Waals surface area contributed by atoms with Crippen LogP contribution in [0.3, 0.4) is 0 Å². The van der Waals surface area contributed by atoms with Gasteiger partial charge in [-0.2, -0.15) is 0 Å². The van der Waals surface area contributed by atoms with Crippen molar-refractivity contribution < 1.29 is 23.9 Å². The molecule has 148 valence electrons. The molecule has 0 radical (unpaired) electrons. The number of nitrogens with zero attached hydrogens (tertiary/aromatic N) is 1. The van der Waals surface area contributed by atoms with E-state index in [4.69, 9.17) is 9.47 Å². The highest BCUT2D eigenvalue weighted by Crippen LogP contribution is 2.11. The lowest BCUT2D eigenvalue weighted by molar-refractivity contribution is -0.129. The second kappa shape index (κ2) is 9.25. The van der Waals surface area contributed by atoms with E-state index in [0.29, 0.717) is 19.5 Å². The van der Waals surface area contributed by atoms with Gasteiger partial charge in [0.15, 0.2) is 0 Å². The zero-order chi connectivity index (χ0) is 19.9. The van der Waals surface area contributed by atoms with Gasteiger partial charge in [-0.3, -0.25) is 4.79 Å². The molecular formula is C19H27N3O5. The van der Waals surface area contributed by atoms with Crippen LogP contribution in [0.5, 0.6) is 0 Å². The maximum absolute atomic E-state index is 12.2. The molecule has 1 heterocycles. The summed E-state index contributed by atoms with van der Waals surface area (Å²) in [6.07, 6.45) is -0.497. The molecule has 1 aromatic carbocycles. The minimum Gasteiger partial charge on any atom is -0.445 e. The topological polar surface area (TPSA) is 97.0 Å². The summed E-state index contributed by atoms with van der Waals surface area (Å²) < 4.78 is 10.3. The lowest BCUT2D eigenvalue weighted by Gasteiger charge is -2.22. The van der Waals surface area contributed by atoms with Gasteiger partial charge < -0.3 is 25.0 Å². The van der Waals surface area contributed by atoms with E-state index in [-0.39, 0.29) is 25.1 Å². The Morgan fingerprint density at radius 3 is 2.52 bits per heavy atom. The van der Waals surface area contributed by atoms with Crippen LogP contribution < -0.4 is 10.6 Å². The smallest absolute Gasteiger partial charge is 0.407 e. The molecule has 1 saturated heterocycles. The molecule has 0 aliphatic carbocycles. The van der Waals surface area contributed by atoms with Gasteiger partial charge in [-0.15, -0.1) is 0 Å². The number of rotatable bonds is 5. The molecule has 3 amide bonds. The Morgan fingerprint density at radius 1 is 1.15 bits per heavy atom. The summed E-state index contributed by atoms with van der Waals surface area (Å²) in [6, 6.07) is 9.13. The molecule has 8 heteroatoms. The van der Waals surface area contributed by atoms with Crippen LogP contribution in [0.2, 0.25) is 0 Å². The van der Waals surface area contributed by atoms with Crippen molar-refractivity contribution >= 4 is 18.1 Å². The highest BCUT2D eigenvalue weighted by atomic mass is 16.6. The molecular weight excluding hydrogens is 350 g/mol. The Balaban J connectivity index is 1.66. The van der Waals surface area contributed by atoms with Crippen molar-refractivity contribution in [3.8, 4) is 0 Å². The van der Waals surface area contributed by atoms with E-state index >= 15 is 0 Å². The van der Waals surface area contributed by atoms with Gasteiger partial charge in [0.25, 0.3) is 0 Å². The molecule has 2 rings (SSSR count). The quantitative estimate of drug-likeness (QED) is 0.818. The number of amides is 3. The Labute approximate surface area is 159 Å². The van der Waals surface area contributed by atoms with Gasteiger partial charge in [0.05, 0.1) is 6.04 Å². The molecule has 1 aromatic rings. The van der Waals surface area contributed by atoms with E-state index in [2.05, 4.69) is 10.6 Å². The highest BCUT2D eigenvalue weighted by Gasteiger charge is 2.28. The summed E-state index contributed by atoms with van der Waals surface area (Å²) in [6.45, 7) is 6.27. The zero-order valence-corrected chi connectivity index (χ0v) is 16.0. The van der Waals surface area contributed by atoms with Crippen molar-refractivity contribution in [3.05, 3.63) is 35.9 Å². The van der Waals surface area contributed by atoms with E-state index in [1.54, 1.807) is 25.7 Å². The van der Waals surface area contributed by atoms with Gasteiger partial charge in [-0.1, -0.05) is 30.3 Å².